The number of carbonyl (C=O) groups is 1. The van der Waals surface area contributed by atoms with Gasteiger partial charge in [-0.1, -0.05) is 19.1 Å². The quantitative estimate of drug-likeness (QED) is 0.830. The van der Waals surface area contributed by atoms with Gasteiger partial charge in [0.15, 0.2) is 12.0 Å². The lowest BCUT2D eigenvalue weighted by Crippen LogP contribution is -2.24. The van der Waals surface area contributed by atoms with E-state index in [9.17, 15) is 13.2 Å². The number of hydrogen-bond acceptors (Lipinski definition) is 4. The summed E-state index contributed by atoms with van der Waals surface area (Å²) in [7, 11) is -3.60. The molecule has 5 nitrogen and oxygen atoms in total. The predicted molar refractivity (Wildman–Crippen MR) is 75.0 cm³/mol. The van der Waals surface area contributed by atoms with Gasteiger partial charge in [-0.15, -0.1) is 0 Å². The van der Waals surface area contributed by atoms with Gasteiger partial charge in [0.2, 0.25) is 10.0 Å². The van der Waals surface area contributed by atoms with E-state index < -0.39 is 10.0 Å². The zero-order valence-electron chi connectivity index (χ0n) is 11.0. The van der Waals surface area contributed by atoms with Crippen molar-refractivity contribution in [2.24, 2.45) is 0 Å². The summed E-state index contributed by atoms with van der Waals surface area (Å²) >= 11 is 0. The third kappa shape index (κ3) is 2.97. The Morgan fingerprint density at radius 2 is 1.95 bits per heavy atom. The monoisotopic (exact) mass is 293 g/mol. The van der Waals surface area contributed by atoms with Crippen LogP contribution in [0.3, 0.4) is 0 Å². The van der Waals surface area contributed by atoms with Crippen LogP contribution in [0, 0.1) is 0 Å². The van der Waals surface area contributed by atoms with Crippen LogP contribution in [0.15, 0.2) is 45.7 Å². The van der Waals surface area contributed by atoms with Crippen molar-refractivity contribution in [2.75, 3.05) is 6.54 Å². The number of rotatable bonds is 6. The van der Waals surface area contributed by atoms with Crippen LogP contribution in [0.1, 0.15) is 23.9 Å². The van der Waals surface area contributed by atoms with Crippen LogP contribution in [0.5, 0.6) is 0 Å². The molecule has 0 atom stereocenters. The van der Waals surface area contributed by atoms with E-state index in [1.54, 1.807) is 24.3 Å². The van der Waals surface area contributed by atoms with E-state index in [0.29, 0.717) is 30.6 Å². The van der Waals surface area contributed by atoms with Crippen LogP contribution in [0.4, 0.5) is 0 Å². The summed E-state index contributed by atoms with van der Waals surface area (Å²) in [5.41, 5.74) is 0.434. The predicted octanol–water partition coefficient (Wildman–Crippen LogP) is 2.45. The fraction of sp³-hybridized carbons (Fsp3) is 0.214. The maximum absolute atomic E-state index is 12.2. The molecule has 0 bridgehead atoms. The summed E-state index contributed by atoms with van der Waals surface area (Å²) in [6, 6.07) is 9.61. The number of carbonyl (C=O) groups excluding carboxylic acids is 1. The second-order valence-corrected chi connectivity index (χ2v) is 5.95. The molecule has 2 aromatic rings. The Bertz CT molecular complexity index is 703. The van der Waals surface area contributed by atoms with E-state index in [4.69, 9.17) is 4.42 Å². The van der Waals surface area contributed by atoms with Gasteiger partial charge in [-0.05, 0) is 30.7 Å². The topological polar surface area (TPSA) is 76.4 Å². The minimum atomic E-state index is -3.60. The zero-order chi connectivity index (χ0) is 14.6. The molecule has 6 heteroatoms. The van der Waals surface area contributed by atoms with Crippen LogP contribution < -0.4 is 4.72 Å². The normalized spacial score (nSPS) is 11.4. The molecule has 0 saturated carbocycles. The average Bonchev–Trinajstić information content (AvgIpc) is 2.94. The molecular formula is C14H15NO4S. The number of aldehydes is 1. The van der Waals surface area contributed by atoms with Crippen LogP contribution in [-0.4, -0.2) is 21.2 Å². The van der Waals surface area contributed by atoms with Crippen molar-refractivity contribution >= 4 is 16.3 Å². The molecule has 1 aromatic heterocycles. The van der Waals surface area contributed by atoms with Crippen molar-refractivity contribution in [3.8, 4) is 11.3 Å². The highest BCUT2D eigenvalue weighted by Crippen LogP contribution is 2.28. The molecule has 20 heavy (non-hydrogen) atoms. The standard InChI is InChI=1S/C14H15NO4S/c1-2-9-15-20(17,18)14-6-4-3-5-12(14)13-8-7-11(10-16)19-13/h3-8,10,15H,2,9H2,1H3. The van der Waals surface area contributed by atoms with Crippen molar-refractivity contribution in [3.05, 3.63) is 42.2 Å². The largest absolute Gasteiger partial charge is 0.453 e. The van der Waals surface area contributed by atoms with Gasteiger partial charge in [0.25, 0.3) is 0 Å². The van der Waals surface area contributed by atoms with E-state index in [2.05, 4.69) is 4.72 Å². The Hall–Kier alpha value is -1.92. The summed E-state index contributed by atoms with van der Waals surface area (Å²) in [6.07, 6.45) is 1.29. The van der Waals surface area contributed by atoms with Gasteiger partial charge in [0.05, 0.1) is 4.90 Å². The minimum Gasteiger partial charge on any atom is -0.453 e. The highest BCUT2D eigenvalue weighted by atomic mass is 32.2. The van der Waals surface area contributed by atoms with Gasteiger partial charge in [0, 0.05) is 12.1 Å². The summed E-state index contributed by atoms with van der Waals surface area (Å²) in [5, 5.41) is 0. The fourth-order valence-corrected chi connectivity index (χ4v) is 3.12. The summed E-state index contributed by atoms with van der Waals surface area (Å²) in [6.45, 7) is 2.26. The smallest absolute Gasteiger partial charge is 0.241 e. The molecule has 2 rings (SSSR count). The molecule has 0 aliphatic carbocycles. The second kappa shape index (κ2) is 6.02. The molecular weight excluding hydrogens is 278 g/mol. The Morgan fingerprint density at radius 1 is 1.20 bits per heavy atom. The average molecular weight is 293 g/mol. The van der Waals surface area contributed by atoms with Gasteiger partial charge in [-0.2, -0.15) is 0 Å². The summed E-state index contributed by atoms with van der Waals surface area (Å²) in [5.74, 6) is 0.512. The first-order valence-corrected chi connectivity index (χ1v) is 7.71. The van der Waals surface area contributed by atoms with Gasteiger partial charge in [0.1, 0.15) is 5.76 Å². The lowest BCUT2D eigenvalue weighted by atomic mass is 10.2. The lowest BCUT2D eigenvalue weighted by molar-refractivity contribution is 0.110. The first-order chi connectivity index (χ1) is 9.58. The van der Waals surface area contributed by atoms with Crippen LogP contribution in [0.25, 0.3) is 11.3 Å². The SMILES string of the molecule is CCCNS(=O)(=O)c1ccccc1-c1ccc(C=O)o1. The van der Waals surface area contributed by atoms with Crippen LogP contribution >= 0.6 is 0 Å². The van der Waals surface area contributed by atoms with Gasteiger partial charge in [-0.3, -0.25) is 4.79 Å². The molecule has 106 valence electrons. The first-order valence-electron chi connectivity index (χ1n) is 6.22. The highest BCUT2D eigenvalue weighted by Gasteiger charge is 2.20. The number of sulfonamides is 1. The van der Waals surface area contributed by atoms with E-state index in [-0.39, 0.29) is 10.7 Å². The number of hydrogen-bond donors (Lipinski definition) is 1. The number of furan rings is 1. The van der Waals surface area contributed by atoms with E-state index in [1.165, 1.54) is 12.1 Å². The molecule has 0 saturated heterocycles. The van der Waals surface area contributed by atoms with E-state index in [0.717, 1.165) is 0 Å². The molecule has 0 radical (unpaired) electrons. The lowest BCUT2D eigenvalue weighted by Gasteiger charge is -2.09. The Balaban J connectivity index is 2.48. The fourth-order valence-electron chi connectivity index (χ4n) is 1.78. The van der Waals surface area contributed by atoms with Gasteiger partial charge in [-0.25, -0.2) is 13.1 Å². The zero-order valence-corrected chi connectivity index (χ0v) is 11.8. The number of benzene rings is 1. The minimum absolute atomic E-state index is 0.139. The van der Waals surface area contributed by atoms with Crippen molar-refractivity contribution in [3.63, 3.8) is 0 Å². The molecule has 0 amide bonds. The maximum atomic E-state index is 12.2. The van der Waals surface area contributed by atoms with E-state index >= 15 is 0 Å². The molecule has 0 fully saturated rings. The van der Waals surface area contributed by atoms with Crippen molar-refractivity contribution in [1.29, 1.82) is 0 Å². The van der Waals surface area contributed by atoms with Crippen LogP contribution in [0.2, 0.25) is 0 Å². The Morgan fingerprint density at radius 3 is 2.60 bits per heavy atom. The van der Waals surface area contributed by atoms with Gasteiger partial charge >= 0.3 is 0 Å². The molecule has 1 N–H and O–H groups in total. The molecule has 0 aliphatic heterocycles. The third-order valence-corrected chi connectivity index (χ3v) is 4.25. The highest BCUT2D eigenvalue weighted by molar-refractivity contribution is 7.89. The Labute approximate surface area is 117 Å². The van der Waals surface area contributed by atoms with Crippen molar-refractivity contribution < 1.29 is 17.6 Å². The van der Waals surface area contributed by atoms with Crippen molar-refractivity contribution in [1.82, 2.24) is 4.72 Å². The van der Waals surface area contributed by atoms with Gasteiger partial charge < -0.3 is 4.42 Å². The summed E-state index contributed by atoms with van der Waals surface area (Å²) in [4.78, 5) is 10.8. The Kier molecular flexibility index (Phi) is 4.36. The first kappa shape index (κ1) is 14.5. The second-order valence-electron chi connectivity index (χ2n) is 4.21. The molecule has 0 unspecified atom stereocenters. The molecule has 1 aromatic carbocycles. The van der Waals surface area contributed by atoms with Crippen LogP contribution in [-0.2, 0) is 10.0 Å². The molecule has 0 aliphatic rings. The van der Waals surface area contributed by atoms with E-state index in [1.807, 2.05) is 6.92 Å². The molecule has 0 spiro atoms. The summed E-state index contributed by atoms with van der Waals surface area (Å²) < 4.78 is 32.3. The maximum Gasteiger partial charge on any atom is 0.241 e. The van der Waals surface area contributed by atoms with Crippen molar-refractivity contribution in [2.45, 2.75) is 18.2 Å². The third-order valence-electron chi connectivity index (χ3n) is 2.73. The number of nitrogens with one attached hydrogen (secondary N) is 1. The molecule has 1 heterocycles.